The highest BCUT2D eigenvalue weighted by molar-refractivity contribution is 5.74. The highest BCUT2D eigenvalue weighted by atomic mass is 16.9. The lowest BCUT2D eigenvalue weighted by molar-refractivity contribution is -0.149. The molecule has 3 aliphatic rings. The van der Waals surface area contributed by atoms with Crippen molar-refractivity contribution in [2.24, 2.45) is 5.92 Å². The van der Waals surface area contributed by atoms with E-state index in [2.05, 4.69) is 6.92 Å². The van der Waals surface area contributed by atoms with Crippen molar-refractivity contribution >= 4 is 5.97 Å². The lowest BCUT2D eigenvalue weighted by atomic mass is 9.92. The lowest BCUT2D eigenvalue weighted by Crippen LogP contribution is -2.26. The van der Waals surface area contributed by atoms with Gasteiger partial charge < -0.3 is 14.2 Å². The van der Waals surface area contributed by atoms with Crippen molar-refractivity contribution in [2.45, 2.75) is 102 Å². The molecule has 0 radical (unpaired) electrons. The number of carbonyl (C=O) groups excluding carboxylic acids is 1. The van der Waals surface area contributed by atoms with Crippen LogP contribution in [0, 0.1) is 5.92 Å². The fraction of sp³-hybridized carbons (Fsp3) is 0.947. The number of unbranched alkanes of at least 4 members (excludes halogenated alkanes) is 5. The fourth-order valence-corrected chi connectivity index (χ4v) is 3.93. The summed E-state index contributed by atoms with van der Waals surface area (Å²) in [4.78, 5) is 12.4. The Balaban J connectivity index is 1.37. The quantitative estimate of drug-likeness (QED) is 0.378. The molecule has 4 heteroatoms. The Hall–Kier alpha value is -0.610. The van der Waals surface area contributed by atoms with E-state index >= 15 is 0 Å². The van der Waals surface area contributed by atoms with Gasteiger partial charge in [0.1, 0.15) is 12.2 Å². The monoisotopic (exact) mass is 324 g/mol. The number of esters is 1. The summed E-state index contributed by atoms with van der Waals surface area (Å²) in [6.45, 7) is 2.79. The Bertz CT molecular complexity index is 397. The van der Waals surface area contributed by atoms with Gasteiger partial charge in [0.25, 0.3) is 0 Å². The third-order valence-electron chi connectivity index (χ3n) is 5.51. The van der Waals surface area contributed by atoms with Crippen LogP contribution in [-0.2, 0) is 19.0 Å². The number of carbonyl (C=O) groups is 1. The third kappa shape index (κ3) is 4.27. The molecule has 0 N–H and O–H groups in total. The van der Waals surface area contributed by atoms with Gasteiger partial charge in [0, 0.05) is 0 Å². The highest BCUT2D eigenvalue weighted by Crippen LogP contribution is 2.60. The van der Waals surface area contributed by atoms with Crippen LogP contribution in [0.2, 0.25) is 0 Å². The predicted molar refractivity (Wildman–Crippen MR) is 88.0 cm³/mol. The normalized spacial score (nSPS) is 35.8. The van der Waals surface area contributed by atoms with Gasteiger partial charge in [-0.15, -0.1) is 0 Å². The topological polar surface area (TPSA) is 51.4 Å². The average Bonchev–Trinajstić information content (AvgIpc) is 3.43. The van der Waals surface area contributed by atoms with E-state index in [0.717, 1.165) is 32.1 Å². The van der Waals surface area contributed by atoms with Crippen LogP contribution >= 0.6 is 0 Å². The van der Waals surface area contributed by atoms with Gasteiger partial charge in [-0.2, -0.15) is 0 Å². The molecular weight excluding hydrogens is 292 g/mol. The molecule has 23 heavy (non-hydrogen) atoms. The molecule has 3 fully saturated rings. The van der Waals surface area contributed by atoms with Crippen LogP contribution in [0.25, 0.3) is 0 Å². The van der Waals surface area contributed by atoms with Crippen LogP contribution in [0.3, 0.4) is 0 Å². The van der Waals surface area contributed by atoms with Gasteiger partial charge in [-0.25, -0.2) is 0 Å². The molecular formula is C19H32O4. The van der Waals surface area contributed by atoms with Crippen LogP contribution in [0.15, 0.2) is 0 Å². The summed E-state index contributed by atoms with van der Waals surface area (Å²) in [5.41, 5.74) is 0. The zero-order valence-electron chi connectivity index (χ0n) is 14.6. The van der Waals surface area contributed by atoms with E-state index in [9.17, 15) is 4.79 Å². The van der Waals surface area contributed by atoms with E-state index in [1.807, 2.05) is 0 Å². The summed E-state index contributed by atoms with van der Waals surface area (Å²) in [6, 6.07) is 0. The molecule has 0 aromatic rings. The van der Waals surface area contributed by atoms with Gasteiger partial charge in [-0.05, 0) is 19.3 Å². The number of rotatable bonds is 8. The van der Waals surface area contributed by atoms with Crippen molar-refractivity contribution in [2.75, 3.05) is 6.61 Å². The molecule has 2 heterocycles. The zero-order chi connectivity index (χ0) is 16.1. The van der Waals surface area contributed by atoms with Gasteiger partial charge in [0.15, 0.2) is 0 Å². The number of epoxide rings is 2. The fourth-order valence-electron chi connectivity index (χ4n) is 3.93. The summed E-state index contributed by atoms with van der Waals surface area (Å²) in [5, 5.41) is 0. The van der Waals surface area contributed by atoms with Crippen LogP contribution in [0.4, 0.5) is 0 Å². The summed E-state index contributed by atoms with van der Waals surface area (Å²) in [6.07, 6.45) is 14.2. The van der Waals surface area contributed by atoms with Crippen molar-refractivity contribution in [1.29, 1.82) is 0 Å². The second kappa shape index (κ2) is 7.98. The minimum atomic E-state index is -0.388. The van der Waals surface area contributed by atoms with Crippen LogP contribution in [-0.4, -0.2) is 30.6 Å². The van der Waals surface area contributed by atoms with Gasteiger partial charge in [0.05, 0.1) is 12.5 Å². The van der Waals surface area contributed by atoms with Crippen LogP contribution in [0.5, 0.6) is 0 Å². The molecule has 4 nitrogen and oxygen atoms in total. The Labute approximate surface area is 140 Å². The first-order valence-electron chi connectivity index (χ1n) is 9.80. The summed E-state index contributed by atoms with van der Waals surface area (Å²) in [5.74, 6) is -0.560. The number of hydrogen-bond donors (Lipinski definition) is 0. The molecule has 2 aliphatic heterocycles. The minimum absolute atomic E-state index is 0.0392. The van der Waals surface area contributed by atoms with Crippen molar-refractivity contribution < 1.29 is 19.0 Å². The van der Waals surface area contributed by atoms with Crippen LogP contribution in [0.1, 0.15) is 84.0 Å². The molecule has 1 aliphatic carbocycles. The van der Waals surface area contributed by atoms with E-state index in [0.29, 0.717) is 6.61 Å². The zero-order valence-corrected chi connectivity index (χ0v) is 14.6. The highest BCUT2D eigenvalue weighted by Gasteiger charge is 2.78. The average molecular weight is 324 g/mol. The van der Waals surface area contributed by atoms with Crippen molar-refractivity contribution in [3.8, 4) is 0 Å². The first-order valence-corrected chi connectivity index (χ1v) is 9.80. The molecule has 4 atom stereocenters. The van der Waals surface area contributed by atoms with E-state index < -0.39 is 0 Å². The van der Waals surface area contributed by atoms with Gasteiger partial charge in [-0.3, -0.25) is 4.79 Å². The molecule has 1 saturated carbocycles. The van der Waals surface area contributed by atoms with E-state index in [1.54, 1.807) is 0 Å². The predicted octanol–water partition coefficient (Wildman–Crippen LogP) is 4.35. The maximum Gasteiger partial charge on any atom is 0.311 e. The molecule has 1 spiro atoms. The Kier molecular flexibility index (Phi) is 5.97. The Morgan fingerprint density at radius 3 is 2.57 bits per heavy atom. The van der Waals surface area contributed by atoms with Gasteiger partial charge >= 0.3 is 5.97 Å². The summed E-state index contributed by atoms with van der Waals surface area (Å²) in [7, 11) is 0. The second-order valence-corrected chi connectivity index (χ2v) is 7.40. The molecule has 2 saturated heterocycles. The van der Waals surface area contributed by atoms with E-state index in [1.165, 1.54) is 44.9 Å². The standard InChI is InChI=1S/C19H32O4/c1-2-3-4-5-8-11-14-21-18(20)15-12-9-6-7-10-13-16-19(22-16)17(15)23-19/h15-17H,2-14H2,1H3. The Morgan fingerprint density at radius 2 is 1.74 bits per heavy atom. The number of ether oxygens (including phenoxy) is 3. The van der Waals surface area contributed by atoms with Crippen molar-refractivity contribution in [1.82, 2.24) is 0 Å². The van der Waals surface area contributed by atoms with E-state index in [4.69, 9.17) is 14.2 Å². The molecule has 0 bridgehead atoms. The van der Waals surface area contributed by atoms with Gasteiger partial charge in [0.2, 0.25) is 5.79 Å². The second-order valence-electron chi connectivity index (χ2n) is 7.40. The van der Waals surface area contributed by atoms with E-state index in [-0.39, 0.29) is 29.9 Å². The lowest BCUT2D eigenvalue weighted by Gasteiger charge is -2.14. The molecule has 3 rings (SSSR count). The first-order chi connectivity index (χ1) is 11.3. The summed E-state index contributed by atoms with van der Waals surface area (Å²) < 4.78 is 17.1. The molecule has 132 valence electrons. The molecule has 0 aromatic heterocycles. The molecule has 4 unspecified atom stereocenters. The third-order valence-corrected chi connectivity index (χ3v) is 5.51. The maximum absolute atomic E-state index is 12.4. The maximum atomic E-state index is 12.4. The number of hydrogen-bond acceptors (Lipinski definition) is 4. The van der Waals surface area contributed by atoms with Crippen LogP contribution < -0.4 is 0 Å². The smallest absolute Gasteiger partial charge is 0.311 e. The first kappa shape index (κ1) is 17.2. The largest absolute Gasteiger partial charge is 0.465 e. The van der Waals surface area contributed by atoms with Crippen molar-refractivity contribution in [3.63, 3.8) is 0 Å². The molecule has 0 amide bonds. The Morgan fingerprint density at radius 1 is 1.00 bits per heavy atom. The molecule has 0 aromatic carbocycles. The summed E-state index contributed by atoms with van der Waals surface area (Å²) >= 11 is 0. The SMILES string of the molecule is CCCCCCCCOC(=O)C1CCCCCCC2OC23OC13. The van der Waals surface area contributed by atoms with Crippen molar-refractivity contribution in [3.05, 3.63) is 0 Å². The van der Waals surface area contributed by atoms with Gasteiger partial charge in [-0.1, -0.05) is 64.7 Å². The minimum Gasteiger partial charge on any atom is -0.465 e.